The highest BCUT2D eigenvalue weighted by atomic mass is 35.5. The van der Waals surface area contributed by atoms with Crippen molar-refractivity contribution in [2.45, 2.75) is 26.2 Å². The van der Waals surface area contributed by atoms with Gasteiger partial charge >= 0.3 is 0 Å². The van der Waals surface area contributed by atoms with Crippen molar-refractivity contribution in [2.24, 2.45) is 0 Å². The van der Waals surface area contributed by atoms with Crippen molar-refractivity contribution in [3.63, 3.8) is 0 Å². The molecule has 0 aromatic heterocycles. The number of nitrogens with zero attached hydrogens (tertiary/aromatic N) is 4. The van der Waals surface area contributed by atoms with Crippen molar-refractivity contribution in [3.8, 4) is 0 Å². The summed E-state index contributed by atoms with van der Waals surface area (Å²) in [5.41, 5.74) is 2.73. The summed E-state index contributed by atoms with van der Waals surface area (Å²) in [5.74, 6) is -0.313. The lowest BCUT2D eigenvalue weighted by atomic mass is 10.1. The number of benzene rings is 2. The zero-order valence-electron chi connectivity index (χ0n) is 19.8. The van der Waals surface area contributed by atoms with Gasteiger partial charge in [-0.15, -0.1) is 0 Å². The van der Waals surface area contributed by atoms with Crippen LogP contribution in [0.5, 0.6) is 0 Å². The van der Waals surface area contributed by atoms with Gasteiger partial charge in [-0.05, 0) is 37.5 Å². The van der Waals surface area contributed by atoms with Crippen LogP contribution in [-0.4, -0.2) is 67.5 Å². The van der Waals surface area contributed by atoms with Crippen LogP contribution in [0.25, 0.3) is 0 Å². The molecule has 0 aliphatic carbocycles. The maximum Gasteiger partial charge on any atom is 0.293 e. The highest BCUT2D eigenvalue weighted by Gasteiger charge is 2.27. The number of hydrogen-bond donors (Lipinski definition) is 1. The van der Waals surface area contributed by atoms with Crippen LogP contribution < -0.4 is 15.1 Å². The average molecular weight is 500 g/mol. The normalized spacial score (nSPS) is 16.1. The number of nitro groups is 1. The summed E-state index contributed by atoms with van der Waals surface area (Å²) in [6.45, 7) is 6.42. The van der Waals surface area contributed by atoms with E-state index in [0.29, 0.717) is 44.7 Å². The number of rotatable bonds is 8. The van der Waals surface area contributed by atoms with Crippen molar-refractivity contribution < 1.29 is 14.5 Å². The number of nitrogens with one attached hydrogen (secondary N) is 1. The Kier molecular flexibility index (Phi) is 7.75. The molecule has 9 nitrogen and oxygen atoms in total. The van der Waals surface area contributed by atoms with E-state index in [4.69, 9.17) is 11.6 Å². The molecule has 2 aliphatic rings. The molecule has 2 heterocycles. The summed E-state index contributed by atoms with van der Waals surface area (Å²) < 4.78 is 0. The van der Waals surface area contributed by atoms with Crippen LogP contribution in [0.4, 0.5) is 17.1 Å². The number of piperazine rings is 1. The lowest BCUT2D eigenvalue weighted by molar-refractivity contribution is -0.384. The molecule has 1 N–H and O–H groups in total. The largest absolute Gasteiger partial charge is 0.368 e. The smallest absolute Gasteiger partial charge is 0.293 e. The van der Waals surface area contributed by atoms with Crippen LogP contribution in [0.3, 0.4) is 0 Å². The number of amides is 2. The third-order valence-corrected chi connectivity index (χ3v) is 6.96. The summed E-state index contributed by atoms with van der Waals surface area (Å²) >= 11 is 6.43. The SMILES string of the molecule is Cc1ccccc1N1CCN(c2cc(Cl)c(C(=O)NCCCN3CCCC3=O)cc2[N+](=O)[O-])CC1. The second kappa shape index (κ2) is 10.9. The Morgan fingerprint density at radius 2 is 1.77 bits per heavy atom. The van der Waals surface area contributed by atoms with Crippen molar-refractivity contribution in [1.29, 1.82) is 0 Å². The van der Waals surface area contributed by atoms with Gasteiger partial charge in [0, 0.05) is 64.0 Å². The number of halogens is 1. The van der Waals surface area contributed by atoms with E-state index in [-0.39, 0.29) is 22.2 Å². The van der Waals surface area contributed by atoms with Crippen molar-refractivity contribution in [3.05, 3.63) is 62.7 Å². The van der Waals surface area contributed by atoms with E-state index in [1.807, 2.05) is 17.0 Å². The number of carbonyl (C=O) groups is 2. The fourth-order valence-electron chi connectivity index (χ4n) is 4.74. The van der Waals surface area contributed by atoms with E-state index in [1.165, 1.54) is 23.4 Å². The molecule has 0 unspecified atom stereocenters. The molecule has 35 heavy (non-hydrogen) atoms. The molecule has 0 spiro atoms. The maximum atomic E-state index is 12.7. The molecule has 0 radical (unpaired) electrons. The third kappa shape index (κ3) is 5.67. The lowest BCUT2D eigenvalue weighted by Gasteiger charge is -2.37. The van der Waals surface area contributed by atoms with E-state index >= 15 is 0 Å². The maximum absolute atomic E-state index is 12.7. The monoisotopic (exact) mass is 499 g/mol. The molecular formula is C25H30ClN5O4. The van der Waals surface area contributed by atoms with Crippen molar-refractivity contribution >= 4 is 40.5 Å². The van der Waals surface area contributed by atoms with Gasteiger partial charge in [0.05, 0.1) is 15.5 Å². The van der Waals surface area contributed by atoms with Gasteiger partial charge < -0.3 is 20.0 Å². The Labute approximate surface area is 209 Å². The summed E-state index contributed by atoms with van der Waals surface area (Å²) in [5, 5.41) is 14.8. The van der Waals surface area contributed by atoms with E-state index in [1.54, 1.807) is 4.90 Å². The first-order chi connectivity index (χ1) is 16.8. The zero-order chi connectivity index (χ0) is 24.9. The van der Waals surface area contributed by atoms with Gasteiger partial charge in [-0.3, -0.25) is 19.7 Å². The van der Waals surface area contributed by atoms with Crippen LogP contribution in [0.1, 0.15) is 35.2 Å². The fraction of sp³-hybridized carbons (Fsp3) is 0.440. The Morgan fingerprint density at radius 1 is 1.09 bits per heavy atom. The predicted octanol–water partition coefficient (Wildman–Crippen LogP) is 3.63. The summed E-state index contributed by atoms with van der Waals surface area (Å²) in [4.78, 5) is 41.8. The van der Waals surface area contributed by atoms with Gasteiger partial charge in [0.15, 0.2) is 0 Å². The highest BCUT2D eigenvalue weighted by molar-refractivity contribution is 6.34. The average Bonchev–Trinajstić information content (AvgIpc) is 3.26. The van der Waals surface area contributed by atoms with Gasteiger partial charge in [0.2, 0.25) is 5.91 Å². The van der Waals surface area contributed by atoms with Crippen LogP contribution in [0.2, 0.25) is 5.02 Å². The number of carbonyl (C=O) groups excluding carboxylic acids is 2. The molecule has 0 bridgehead atoms. The molecule has 2 aromatic carbocycles. The molecule has 0 atom stereocenters. The Hall–Kier alpha value is -3.33. The molecule has 4 rings (SSSR count). The molecule has 2 amide bonds. The number of nitro benzene ring substituents is 1. The van der Waals surface area contributed by atoms with Gasteiger partial charge in [-0.1, -0.05) is 29.8 Å². The molecule has 186 valence electrons. The second-order valence-electron chi connectivity index (χ2n) is 8.93. The first kappa shape index (κ1) is 24.8. The molecule has 2 saturated heterocycles. The molecule has 0 saturated carbocycles. The van der Waals surface area contributed by atoms with Crippen molar-refractivity contribution in [1.82, 2.24) is 10.2 Å². The molecule has 2 fully saturated rings. The van der Waals surface area contributed by atoms with Gasteiger partial charge in [-0.2, -0.15) is 0 Å². The molecule has 2 aliphatic heterocycles. The predicted molar refractivity (Wildman–Crippen MR) is 136 cm³/mol. The second-order valence-corrected chi connectivity index (χ2v) is 9.34. The van der Waals surface area contributed by atoms with E-state index in [0.717, 1.165) is 26.1 Å². The first-order valence-corrected chi connectivity index (χ1v) is 12.3. The van der Waals surface area contributed by atoms with Gasteiger partial charge in [0.1, 0.15) is 5.69 Å². The number of aryl methyl sites for hydroxylation is 1. The van der Waals surface area contributed by atoms with E-state index in [2.05, 4.69) is 29.3 Å². The number of para-hydroxylation sites is 1. The zero-order valence-corrected chi connectivity index (χ0v) is 20.6. The summed E-state index contributed by atoms with van der Waals surface area (Å²) in [6, 6.07) is 11.0. The fourth-order valence-corrected chi connectivity index (χ4v) is 4.98. The van der Waals surface area contributed by atoms with Gasteiger partial charge in [0.25, 0.3) is 11.6 Å². The lowest BCUT2D eigenvalue weighted by Crippen LogP contribution is -2.47. The molecule has 10 heteroatoms. The first-order valence-electron chi connectivity index (χ1n) is 11.9. The van der Waals surface area contributed by atoms with E-state index in [9.17, 15) is 19.7 Å². The third-order valence-electron chi connectivity index (χ3n) is 6.64. The summed E-state index contributed by atoms with van der Waals surface area (Å²) in [7, 11) is 0. The number of anilines is 2. The van der Waals surface area contributed by atoms with Crippen LogP contribution >= 0.6 is 11.6 Å². The minimum atomic E-state index is -0.463. The summed E-state index contributed by atoms with van der Waals surface area (Å²) in [6.07, 6.45) is 2.07. The minimum Gasteiger partial charge on any atom is -0.368 e. The Balaban J connectivity index is 1.40. The Bertz CT molecular complexity index is 1120. The minimum absolute atomic E-state index is 0.0814. The topological polar surface area (TPSA) is 99.0 Å². The van der Waals surface area contributed by atoms with Crippen LogP contribution in [-0.2, 0) is 4.79 Å². The number of hydrogen-bond acceptors (Lipinski definition) is 6. The quantitative estimate of drug-likeness (QED) is 0.338. The van der Waals surface area contributed by atoms with Crippen LogP contribution in [0.15, 0.2) is 36.4 Å². The Morgan fingerprint density at radius 3 is 2.40 bits per heavy atom. The molecular weight excluding hydrogens is 470 g/mol. The van der Waals surface area contributed by atoms with Gasteiger partial charge in [-0.25, -0.2) is 0 Å². The van der Waals surface area contributed by atoms with Crippen molar-refractivity contribution in [2.75, 3.05) is 55.6 Å². The van der Waals surface area contributed by atoms with E-state index < -0.39 is 10.8 Å². The van der Waals surface area contributed by atoms with Crippen LogP contribution in [0, 0.1) is 17.0 Å². The number of likely N-dealkylation sites (tertiary alicyclic amines) is 1. The highest BCUT2D eigenvalue weighted by Crippen LogP contribution is 2.35. The standard InChI is InChI=1S/C25H30ClN5O4/c1-18-6-2-3-7-21(18)28-12-14-29(15-13-28)22-17-20(26)19(16-23(22)31(34)35)25(33)27-9-5-11-30-10-4-8-24(30)32/h2-3,6-7,16-17H,4-5,8-15H2,1H3,(H,27,33). The molecule has 2 aromatic rings.